The van der Waals surface area contributed by atoms with E-state index in [4.69, 9.17) is 4.74 Å². The van der Waals surface area contributed by atoms with E-state index in [0.29, 0.717) is 0 Å². The lowest BCUT2D eigenvalue weighted by Crippen LogP contribution is -2.06. The first kappa shape index (κ1) is 17.7. The van der Waals surface area contributed by atoms with E-state index < -0.39 is 0 Å². The summed E-state index contributed by atoms with van der Waals surface area (Å²) in [5, 5.41) is 5.61. The van der Waals surface area contributed by atoms with Gasteiger partial charge < -0.3 is 4.74 Å². The zero-order valence-corrected chi connectivity index (χ0v) is 16.9. The van der Waals surface area contributed by atoms with Gasteiger partial charge in [-0.3, -0.25) is 4.68 Å². The van der Waals surface area contributed by atoms with Crippen LogP contribution >= 0.6 is 15.9 Å². The number of aromatic nitrogens is 4. The number of halogens is 1. The van der Waals surface area contributed by atoms with Crippen LogP contribution in [-0.4, -0.2) is 25.9 Å². The lowest BCUT2D eigenvalue weighted by atomic mass is 10.0. The molecule has 2 aromatic heterocycles. The van der Waals surface area contributed by atoms with Gasteiger partial charge in [0.05, 0.1) is 21.8 Å². The molecule has 2 aromatic carbocycles. The van der Waals surface area contributed by atoms with Crippen LogP contribution in [0.5, 0.6) is 5.75 Å². The van der Waals surface area contributed by atoms with Crippen LogP contribution in [0.2, 0.25) is 0 Å². The highest BCUT2D eigenvalue weighted by molar-refractivity contribution is 9.10. The van der Waals surface area contributed by atoms with Crippen molar-refractivity contribution in [1.82, 2.24) is 19.7 Å². The van der Waals surface area contributed by atoms with Crippen LogP contribution < -0.4 is 4.74 Å². The minimum Gasteiger partial charge on any atom is -0.490 e. The van der Waals surface area contributed by atoms with Gasteiger partial charge in [0, 0.05) is 35.8 Å². The minimum absolute atomic E-state index is 0.0862. The molecule has 0 aliphatic rings. The Labute approximate surface area is 166 Å². The van der Waals surface area contributed by atoms with E-state index in [2.05, 4.69) is 43.1 Å². The van der Waals surface area contributed by atoms with Gasteiger partial charge in [-0.1, -0.05) is 30.3 Å². The maximum absolute atomic E-state index is 5.87. The quantitative estimate of drug-likeness (QED) is 0.450. The second-order valence-electron chi connectivity index (χ2n) is 6.62. The molecule has 4 aromatic rings. The molecule has 0 fully saturated rings. The average molecular weight is 423 g/mol. The predicted molar refractivity (Wildman–Crippen MR) is 111 cm³/mol. The summed E-state index contributed by atoms with van der Waals surface area (Å²) in [6.45, 7) is 4.01. The van der Waals surface area contributed by atoms with Crippen molar-refractivity contribution in [3.05, 3.63) is 59.5 Å². The highest BCUT2D eigenvalue weighted by atomic mass is 79.9. The molecule has 4 rings (SSSR count). The Hall–Kier alpha value is -2.73. The van der Waals surface area contributed by atoms with E-state index in [0.717, 1.165) is 43.6 Å². The molecule has 5 nitrogen and oxygen atoms in total. The van der Waals surface area contributed by atoms with Gasteiger partial charge in [-0.15, -0.1) is 0 Å². The van der Waals surface area contributed by atoms with Crippen molar-refractivity contribution in [2.75, 3.05) is 0 Å². The van der Waals surface area contributed by atoms with Crippen LogP contribution in [0, 0.1) is 0 Å². The molecular formula is C21H19BrN4O. The van der Waals surface area contributed by atoms with E-state index in [-0.39, 0.29) is 6.10 Å². The molecule has 0 N–H and O–H groups in total. The third-order valence-electron chi connectivity index (χ3n) is 4.18. The average Bonchev–Trinajstić information content (AvgIpc) is 3.04. The number of fused-ring (bicyclic) bond motifs is 1. The van der Waals surface area contributed by atoms with Crippen LogP contribution in [0.3, 0.4) is 0 Å². The van der Waals surface area contributed by atoms with E-state index >= 15 is 0 Å². The topological polar surface area (TPSA) is 52.8 Å². The molecule has 0 atom stereocenters. The molecular weight excluding hydrogens is 404 g/mol. The van der Waals surface area contributed by atoms with Gasteiger partial charge in [-0.2, -0.15) is 5.10 Å². The SMILES string of the molecule is CC(C)Oc1cc2ncnc(-c3cn(C)nc3-c3ccccc3)c2cc1Br. The summed E-state index contributed by atoms with van der Waals surface area (Å²) in [5.41, 5.74) is 4.61. The third kappa shape index (κ3) is 3.45. The maximum Gasteiger partial charge on any atom is 0.136 e. The number of hydrogen-bond acceptors (Lipinski definition) is 4. The molecule has 0 saturated heterocycles. The van der Waals surface area contributed by atoms with Crippen molar-refractivity contribution in [2.45, 2.75) is 20.0 Å². The lowest BCUT2D eigenvalue weighted by Gasteiger charge is -2.13. The smallest absolute Gasteiger partial charge is 0.136 e. The number of ether oxygens (including phenoxy) is 1. The number of benzene rings is 2. The first-order valence-corrected chi connectivity index (χ1v) is 9.52. The summed E-state index contributed by atoms with van der Waals surface area (Å²) in [6.07, 6.45) is 3.67. The van der Waals surface area contributed by atoms with Crippen molar-refractivity contribution in [3.8, 4) is 28.3 Å². The highest BCUT2D eigenvalue weighted by Crippen LogP contribution is 2.37. The van der Waals surface area contributed by atoms with Crippen LogP contribution in [0.4, 0.5) is 0 Å². The maximum atomic E-state index is 5.87. The molecule has 2 heterocycles. The minimum atomic E-state index is 0.0862. The van der Waals surface area contributed by atoms with Gasteiger partial charge in [0.1, 0.15) is 17.8 Å². The van der Waals surface area contributed by atoms with Crippen LogP contribution in [0.1, 0.15) is 13.8 Å². The Kier molecular flexibility index (Phi) is 4.66. The summed E-state index contributed by atoms with van der Waals surface area (Å²) in [4.78, 5) is 9.03. The Morgan fingerprint density at radius 1 is 1.04 bits per heavy atom. The zero-order valence-electron chi connectivity index (χ0n) is 15.3. The molecule has 0 radical (unpaired) electrons. The Morgan fingerprint density at radius 2 is 1.81 bits per heavy atom. The third-order valence-corrected chi connectivity index (χ3v) is 4.80. The zero-order chi connectivity index (χ0) is 19.0. The first-order chi connectivity index (χ1) is 13.0. The lowest BCUT2D eigenvalue weighted by molar-refractivity contribution is 0.241. The largest absolute Gasteiger partial charge is 0.490 e. The van der Waals surface area contributed by atoms with E-state index in [1.165, 1.54) is 0 Å². The molecule has 0 amide bonds. The summed E-state index contributed by atoms with van der Waals surface area (Å²) < 4.78 is 8.57. The van der Waals surface area contributed by atoms with Gasteiger partial charge in [0.2, 0.25) is 0 Å². The van der Waals surface area contributed by atoms with E-state index in [1.807, 2.05) is 62.1 Å². The Morgan fingerprint density at radius 3 is 2.56 bits per heavy atom. The Bertz CT molecular complexity index is 1110. The fourth-order valence-corrected chi connectivity index (χ4v) is 3.52. The molecule has 0 spiro atoms. The fraction of sp³-hybridized carbons (Fsp3) is 0.190. The van der Waals surface area contributed by atoms with E-state index in [9.17, 15) is 0 Å². The van der Waals surface area contributed by atoms with E-state index in [1.54, 1.807) is 6.33 Å². The summed E-state index contributed by atoms with van der Waals surface area (Å²) in [7, 11) is 1.92. The first-order valence-electron chi connectivity index (χ1n) is 8.73. The second kappa shape index (κ2) is 7.12. The highest BCUT2D eigenvalue weighted by Gasteiger charge is 2.17. The molecule has 0 unspecified atom stereocenters. The van der Waals surface area contributed by atoms with Crippen LogP contribution in [-0.2, 0) is 7.05 Å². The molecule has 0 aliphatic heterocycles. The molecule has 6 heteroatoms. The fourth-order valence-electron chi connectivity index (χ4n) is 3.09. The second-order valence-corrected chi connectivity index (χ2v) is 7.47. The van der Waals surface area contributed by atoms with Crippen molar-refractivity contribution < 1.29 is 4.74 Å². The van der Waals surface area contributed by atoms with Gasteiger partial charge in [-0.05, 0) is 35.8 Å². The number of hydrogen-bond donors (Lipinski definition) is 0. The number of rotatable bonds is 4. The molecule has 0 bridgehead atoms. The molecule has 0 aliphatic carbocycles. The van der Waals surface area contributed by atoms with Crippen LogP contribution in [0.25, 0.3) is 33.4 Å². The van der Waals surface area contributed by atoms with Gasteiger partial charge in [0.15, 0.2) is 0 Å². The predicted octanol–water partition coefficient (Wildman–Crippen LogP) is 5.25. The molecule has 0 saturated carbocycles. The summed E-state index contributed by atoms with van der Waals surface area (Å²) in [6, 6.07) is 14.1. The molecule has 136 valence electrons. The molecule has 27 heavy (non-hydrogen) atoms. The Balaban J connectivity index is 1.92. The van der Waals surface area contributed by atoms with Crippen molar-refractivity contribution in [2.24, 2.45) is 7.05 Å². The van der Waals surface area contributed by atoms with Crippen molar-refractivity contribution in [1.29, 1.82) is 0 Å². The monoisotopic (exact) mass is 422 g/mol. The van der Waals surface area contributed by atoms with Crippen LogP contribution in [0.15, 0.2) is 59.5 Å². The van der Waals surface area contributed by atoms with Gasteiger partial charge in [0.25, 0.3) is 0 Å². The number of aryl methyl sites for hydroxylation is 1. The van der Waals surface area contributed by atoms with Gasteiger partial charge in [-0.25, -0.2) is 9.97 Å². The summed E-state index contributed by atoms with van der Waals surface area (Å²) in [5.74, 6) is 0.775. The normalized spacial score (nSPS) is 11.3. The summed E-state index contributed by atoms with van der Waals surface area (Å²) >= 11 is 3.62. The standard InChI is InChI=1S/C21H19BrN4O/c1-13(2)27-19-10-18-15(9-17(19)22)21(24-12-23-18)16-11-26(3)25-20(16)14-7-5-4-6-8-14/h4-13H,1-3H3. The van der Waals surface area contributed by atoms with Gasteiger partial charge >= 0.3 is 0 Å². The number of nitrogens with zero attached hydrogens (tertiary/aromatic N) is 4. The van der Waals surface area contributed by atoms with Crippen molar-refractivity contribution in [3.63, 3.8) is 0 Å². The van der Waals surface area contributed by atoms with Crippen molar-refractivity contribution >= 4 is 26.8 Å².